The molecule has 3 saturated heterocycles. The molecule has 36 heavy (non-hydrogen) atoms. The molecule has 5 unspecified atom stereocenters. The number of benzene rings is 1. The van der Waals surface area contributed by atoms with Crippen LogP contribution < -0.4 is 5.32 Å². The van der Waals surface area contributed by atoms with Gasteiger partial charge in [0.2, 0.25) is 5.91 Å². The first kappa shape index (κ1) is 23.5. The van der Waals surface area contributed by atoms with Gasteiger partial charge in [-0.2, -0.15) is 0 Å². The molecule has 2 N–H and O–H groups in total. The fourth-order valence-corrected chi connectivity index (χ4v) is 10.3. The SMILES string of the molecule is CCc1ccc(O)cc1C12CCN(CC3CC3)C(C)C13CCC1C2[C@@H](CN1C(=O)[C@H]1CCCCN1)C3. The number of carbonyl (C=O) groups excluding carboxylic acids is 1. The second kappa shape index (κ2) is 8.46. The van der Waals surface area contributed by atoms with Crippen molar-refractivity contribution in [2.45, 2.75) is 102 Å². The van der Waals surface area contributed by atoms with Gasteiger partial charge in [-0.15, -0.1) is 0 Å². The third kappa shape index (κ3) is 3.17. The van der Waals surface area contributed by atoms with Crippen LogP contribution in [-0.4, -0.2) is 65.1 Å². The summed E-state index contributed by atoms with van der Waals surface area (Å²) in [5.74, 6) is 2.81. The number of hydrogen-bond acceptors (Lipinski definition) is 4. The Hall–Kier alpha value is -1.59. The number of rotatable bonds is 5. The summed E-state index contributed by atoms with van der Waals surface area (Å²) in [6.07, 6.45) is 12.0. The van der Waals surface area contributed by atoms with Gasteiger partial charge in [-0.1, -0.05) is 19.4 Å². The lowest BCUT2D eigenvalue weighted by Gasteiger charge is -2.63. The number of carbonyl (C=O) groups is 1. The Morgan fingerprint density at radius 3 is 2.78 bits per heavy atom. The molecule has 1 amide bonds. The molecule has 5 nitrogen and oxygen atoms in total. The number of nitrogens with zero attached hydrogens (tertiary/aromatic N) is 2. The minimum absolute atomic E-state index is 0.0199. The van der Waals surface area contributed by atoms with Crippen LogP contribution in [0.1, 0.15) is 82.8 Å². The highest BCUT2D eigenvalue weighted by Gasteiger charge is 2.74. The molecule has 1 aromatic carbocycles. The van der Waals surface area contributed by atoms with Gasteiger partial charge in [0.15, 0.2) is 0 Å². The second-order valence-corrected chi connectivity index (χ2v) is 13.3. The number of aryl methyl sites for hydroxylation is 1. The van der Waals surface area contributed by atoms with Crippen LogP contribution in [-0.2, 0) is 16.6 Å². The van der Waals surface area contributed by atoms with E-state index in [4.69, 9.17) is 0 Å². The molecular formula is C31H45N3O2. The van der Waals surface area contributed by atoms with Crippen molar-refractivity contribution >= 4 is 5.91 Å². The number of likely N-dealkylation sites (tertiary alicyclic amines) is 2. The van der Waals surface area contributed by atoms with E-state index in [1.807, 2.05) is 6.07 Å². The van der Waals surface area contributed by atoms with Crippen molar-refractivity contribution in [3.8, 4) is 5.75 Å². The molecule has 7 rings (SSSR count). The number of phenolic OH excluding ortho intramolecular Hbond substituents is 1. The van der Waals surface area contributed by atoms with E-state index in [1.165, 1.54) is 62.6 Å². The molecule has 1 aromatic rings. The first-order valence-corrected chi connectivity index (χ1v) is 15.1. The van der Waals surface area contributed by atoms with Crippen LogP contribution in [0.15, 0.2) is 18.2 Å². The zero-order valence-electron chi connectivity index (χ0n) is 22.3. The van der Waals surface area contributed by atoms with Crippen molar-refractivity contribution in [2.24, 2.45) is 23.2 Å². The summed E-state index contributed by atoms with van der Waals surface area (Å²) in [7, 11) is 0. The highest BCUT2D eigenvalue weighted by atomic mass is 16.3. The molecule has 3 aliphatic carbocycles. The smallest absolute Gasteiger partial charge is 0.239 e. The van der Waals surface area contributed by atoms with Crippen LogP contribution in [0.25, 0.3) is 0 Å². The highest BCUT2D eigenvalue weighted by Crippen LogP contribution is 2.73. The quantitative estimate of drug-likeness (QED) is 0.638. The third-order valence-corrected chi connectivity index (χ3v) is 11.9. The van der Waals surface area contributed by atoms with E-state index in [0.717, 1.165) is 44.8 Å². The molecule has 7 atom stereocenters. The molecular weight excluding hydrogens is 446 g/mol. The maximum Gasteiger partial charge on any atom is 0.239 e. The van der Waals surface area contributed by atoms with Crippen LogP contribution in [0.4, 0.5) is 0 Å². The third-order valence-electron chi connectivity index (χ3n) is 11.9. The monoisotopic (exact) mass is 491 g/mol. The average Bonchev–Trinajstić information content (AvgIpc) is 3.60. The molecule has 2 bridgehead atoms. The molecule has 0 radical (unpaired) electrons. The lowest BCUT2D eigenvalue weighted by molar-refractivity contribution is -0.140. The fraction of sp³-hybridized carbons (Fsp3) is 0.774. The van der Waals surface area contributed by atoms with E-state index in [1.54, 1.807) is 0 Å². The first-order valence-electron chi connectivity index (χ1n) is 15.1. The molecule has 0 aromatic heterocycles. The minimum atomic E-state index is 0.0199. The van der Waals surface area contributed by atoms with Crippen molar-refractivity contribution < 1.29 is 9.90 Å². The van der Waals surface area contributed by atoms with Gasteiger partial charge in [0.05, 0.1) is 6.04 Å². The van der Waals surface area contributed by atoms with Gasteiger partial charge in [0, 0.05) is 30.6 Å². The number of aromatic hydroxyl groups is 1. The van der Waals surface area contributed by atoms with E-state index >= 15 is 0 Å². The van der Waals surface area contributed by atoms with E-state index < -0.39 is 0 Å². The van der Waals surface area contributed by atoms with Crippen LogP contribution in [0.3, 0.4) is 0 Å². The summed E-state index contributed by atoms with van der Waals surface area (Å²) in [5.41, 5.74) is 3.17. The molecule has 3 aliphatic heterocycles. The molecule has 3 saturated carbocycles. The Morgan fingerprint density at radius 2 is 2.03 bits per heavy atom. The maximum absolute atomic E-state index is 13.9. The highest BCUT2D eigenvalue weighted by molar-refractivity contribution is 5.83. The average molecular weight is 492 g/mol. The molecule has 6 aliphatic rings. The summed E-state index contributed by atoms with van der Waals surface area (Å²) >= 11 is 0. The Bertz CT molecular complexity index is 1030. The van der Waals surface area contributed by atoms with Gasteiger partial charge < -0.3 is 15.3 Å². The predicted molar refractivity (Wildman–Crippen MR) is 142 cm³/mol. The number of hydrogen-bond donors (Lipinski definition) is 2. The summed E-state index contributed by atoms with van der Waals surface area (Å²) < 4.78 is 0. The van der Waals surface area contributed by atoms with Crippen molar-refractivity contribution in [3.05, 3.63) is 29.3 Å². The summed E-state index contributed by atoms with van der Waals surface area (Å²) in [4.78, 5) is 19.0. The Morgan fingerprint density at radius 1 is 1.17 bits per heavy atom. The standard InChI is InChI=1S/C31H45N3O2/c1-3-22-9-10-24(35)16-25(22)31-13-15-33(18-21-7-8-21)20(2)30(31)12-11-27-28(31)23(17-30)19-34(27)29(36)26-6-4-5-14-32-26/h9-10,16,20-21,23,26-28,32,35H,3-8,11-15,17-19H2,1-2H3/t20?,23-,26-,27?,28?,30?,31?/m1/s1. The number of phenols is 1. The normalized spacial score (nSPS) is 41.9. The maximum atomic E-state index is 13.9. The Balaban J connectivity index is 1.31. The Kier molecular flexibility index (Phi) is 5.53. The summed E-state index contributed by atoms with van der Waals surface area (Å²) in [6.45, 7) is 9.18. The summed E-state index contributed by atoms with van der Waals surface area (Å²) in [5, 5.41) is 14.3. The lowest BCUT2D eigenvalue weighted by Crippen LogP contribution is -2.67. The largest absolute Gasteiger partial charge is 0.508 e. The van der Waals surface area contributed by atoms with Crippen molar-refractivity contribution in [2.75, 3.05) is 26.2 Å². The topological polar surface area (TPSA) is 55.8 Å². The van der Waals surface area contributed by atoms with Crippen molar-refractivity contribution in [3.63, 3.8) is 0 Å². The zero-order valence-corrected chi connectivity index (χ0v) is 22.3. The number of amides is 1. The lowest BCUT2D eigenvalue weighted by atomic mass is 9.46. The van der Waals surface area contributed by atoms with Gasteiger partial charge >= 0.3 is 0 Å². The van der Waals surface area contributed by atoms with E-state index in [2.05, 4.69) is 41.1 Å². The van der Waals surface area contributed by atoms with Gasteiger partial charge in [0.25, 0.3) is 0 Å². The van der Waals surface area contributed by atoms with Crippen LogP contribution in [0.5, 0.6) is 5.75 Å². The zero-order chi connectivity index (χ0) is 24.7. The van der Waals surface area contributed by atoms with Crippen molar-refractivity contribution in [1.82, 2.24) is 15.1 Å². The molecule has 3 heterocycles. The minimum Gasteiger partial charge on any atom is -0.508 e. The van der Waals surface area contributed by atoms with Gasteiger partial charge in [-0.25, -0.2) is 0 Å². The van der Waals surface area contributed by atoms with Gasteiger partial charge in [-0.3, -0.25) is 9.69 Å². The van der Waals surface area contributed by atoms with Crippen LogP contribution >= 0.6 is 0 Å². The molecule has 0 spiro atoms. The number of nitrogens with one attached hydrogen (secondary N) is 1. The van der Waals surface area contributed by atoms with E-state index in [0.29, 0.717) is 35.6 Å². The molecule has 196 valence electrons. The fourth-order valence-electron chi connectivity index (χ4n) is 10.3. The van der Waals surface area contributed by atoms with Crippen LogP contribution in [0.2, 0.25) is 0 Å². The number of piperidine rings is 2. The predicted octanol–water partition coefficient (Wildman–Crippen LogP) is 4.47. The van der Waals surface area contributed by atoms with E-state index in [9.17, 15) is 9.90 Å². The molecule has 5 heteroatoms. The van der Waals surface area contributed by atoms with E-state index in [-0.39, 0.29) is 16.9 Å². The Labute approximate surface area is 217 Å². The second-order valence-electron chi connectivity index (χ2n) is 13.3. The molecule has 6 fully saturated rings. The van der Waals surface area contributed by atoms with Gasteiger partial charge in [-0.05, 0) is 124 Å². The first-order chi connectivity index (χ1) is 17.5. The van der Waals surface area contributed by atoms with Gasteiger partial charge in [0.1, 0.15) is 5.75 Å². The van der Waals surface area contributed by atoms with Crippen molar-refractivity contribution in [1.29, 1.82) is 0 Å². The summed E-state index contributed by atoms with van der Waals surface area (Å²) in [6, 6.07) is 7.17. The van der Waals surface area contributed by atoms with Crippen LogP contribution in [0, 0.1) is 23.2 Å².